The Kier molecular flexibility index (Phi) is 2.85. The molecule has 0 aliphatic rings. The van der Waals surface area contributed by atoms with Crippen LogP contribution >= 0.6 is 12.6 Å². The molecule has 0 N–H and O–H groups in total. The first kappa shape index (κ1) is 11.4. The third-order valence-corrected chi connectivity index (χ3v) is 3.49. The third-order valence-electron chi connectivity index (χ3n) is 3.20. The van der Waals surface area contributed by atoms with Crippen LogP contribution in [-0.2, 0) is 0 Å². The Morgan fingerprint density at radius 2 is 1.28 bits per heavy atom. The molecule has 3 aromatic rings. The molecule has 0 saturated heterocycles. The standard InChI is InChI=1S/C17H14S/c1-12-2-3-16-11-15(5-4-14(16)10-12)13-6-8-17(18)9-7-13/h2-11,18H,1H3. The molecular formula is C17H14S. The molecule has 0 unspecified atom stereocenters. The molecular weight excluding hydrogens is 236 g/mol. The lowest BCUT2D eigenvalue weighted by molar-refractivity contribution is 1.47. The molecule has 0 nitrogen and oxygen atoms in total. The summed E-state index contributed by atoms with van der Waals surface area (Å²) in [4.78, 5) is 0.996. The van der Waals surface area contributed by atoms with Gasteiger partial charge in [-0.2, -0.15) is 0 Å². The van der Waals surface area contributed by atoms with E-state index in [1.54, 1.807) is 0 Å². The van der Waals surface area contributed by atoms with Crippen LogP contribution in [-0.4, -0.2) is 0 Å². The summed E-state index contributed by atoms with van der Waals surface area (Å²) in [5.74, 6) is 0. The minimum Gasteiger partial charge on any atom is -0.143 e. The molecule has 0 aromatic heterocycles. The highest BCUT2D eigenvalue weighted by atomic mass is 32.1. The number of benzene rings is 3. The van der Waals surface area contributed by atoms with Crippen LogP contribution in [0.3, 0.4) is 0 Å². The zero-order chi connectivity index (χ0) is 12.5. The Labute approximate surface area is 113 Å². The van der Waals surface area contributed by atoms with E-state index in [9.17, 15) is 0 Å². The van der Waals surface area contributed by atoms with Crippen LogP contribution in [0.4, 0.5) is 0 Å². The second kappa shape index (κ2) is 4.51. The Balaban J connectivity index is 2.13. The molecule has 3 aromatic carbocycles. The molecule has 0 atom stereocenters. The van der Waals surface area contributed by atoms with Crippen molar-refractivity contribution in [3.8, 4) is 11.1 Å². The van der Waals surface area contributed by atoms with Crippen molar-refractivity contribution in [2.45, 2.75) is 11.8 Å². The summed E-state index contributed by atoms with van der Waals surface area (Å²) in [5, 5.41) is 2.58. The fourth-order valence-electron chi connectivity index (χ4n) is 2.20. The summed E-state index contributed by atoms with van der Waals surface area (Å²) in [6.07, 6.45) is 0. The minimum absolute atomic E-state index is 0.996. The van der Waals surface area contributed by atoms with Crippen LogP contribution in [0.5, 0.6) is 0 Å². The van der Waals surface area contributed by atoms with E-state index >= 15 is 0 Å². The van der Waals surface area contributed by atoms with Crippen molar-refractivity contribution < 1.29 is 0 Å². The topological polar surface area (TPSA) is 0 Å². The summed E-state index contributed by atoms with van der Waals surface area (Å²) in [7, 11) is 0. The second-order valence-corrected chi connectivity index (χ2v) is 5.13. The lowest BCUT2D eigenvalue weighted by Gasteiger charge is -2.05. The molecule has 0 bridgehead atoms. The summed E-state index contributed by atoms with van der Waals surface area (Å²) in [5.41, 5.74) is 3.78. The molecule has 88 valence electrons. The first-order valence-corrected chi connectivity index (χ1v) is 6.47. The highest BCUT2D eigenvalue weighted by Gasteiger charge is 2.00. The SMILES string of the molecule is Cc1ccc2cc(-c3ccc(S)cc3)ccc2c1. The molecule has 0 heterocycles. The van der Waals surface area contributed by atoms with Gasteiger partial charge in [0.2, 0.25) is 0 Å². The van der Waals surface area contributed by atoms with Crippen molar-refractivity contribution in [1.29, 1.82) is 0 Å². The Bertz CT molecular complexity index is 696. The van der Waals surface area contributed by atoms with E-state index in [0.717, 1.165) is 4.90 Å². The van der Waals surface area contributed by atoms with E-state index in [1.165, 1.54) is 27.5 Å². The average Bonchev–Trinajstić information content (AvgIpc) is 2.39. The van der Waals surface area contributed by atoms with Crippen LogP contribution < -0.4 is 0 Å². The highest BCUT2D eigenvalue weighted by Crippen LogP contribution is 2.25. The predicted molar refractivity (Wildman–Crippen MR) is 81.4 cm³/mol. The fourth-order valence-corrected chi connectivity index (χ4v) is 2.35. The van der Waals surface area contributed by atoms with Crippen molar-refractivity contribution in [2.24, 2.45) is 0 Å². The summed E-state index contributed by atoms with van der Waals surface area (Å²) < 4.78 is 0. The van der Waals surface area contributed by atoms with Gasteiger partial charge in [0.05, 0.1) is 0 Å². The number of rotatable bonds is 1. The van der Waals surface area contributed by atoms with Gasteiger partial charge in [-0.15, -0.1) is 12.6 Å². The maximum absolute atomic E-state index is 4.31. The van der Waals surface area contributed by atoms with Gasteiger partial charge in [0, 0.05) is 4.90 Å². The summed E-state index contributed by atoms with van der Waals surface area (Å²) in [6, 6.07) is 21.4. The molecule has 3 rings (SSSR count). The number of hydrogen-bond donors (Lipinski definition) is 1. The summed E-state index contributed by atoms with van der Waals surface area (Å²) >= 11 is 4.31. The van der Waals surface area contributed by atoms with E-state index in [0.29, 0.717) is 0 Å². The molecule has 0 amide bonds. The van der Waals surface area contributed by atoms with Crippen molar-refractivity contribution in [3.63, 3.8) is 0 Å². The Morgan fingerprint density at radius 3 is 2.06 bits per heavy atom. The highest BCUT2D eigenvalue weighted by molar-refractivity contribution is 7.80. The van der Waals surface area contributed by atoms with Gasteiger partial charge in [-0.05, 0) is 47.0 Å². The molecule has 0 aliphatic carbocycles. The second-order valence-electron chi connectivity index (χ2n) is 4.61. The molecule has 0 fully saturated rings. The lowest BCUT2D eigenvalue weighted by Crippen LogP contribution is -1.80. The summed E-state index contributed by atoms with van der Waals surface area (Å²) in [6.45, 7) is 2.12. The monoisotopic (exact) mass is 250 g/mol. The number of aryl methyl sites for hydroxylation is 1. The van der Waals surface area contributed by atoms with Crippen LogP contribution in [0.25, 0.3) is 21.9 Å². The lowest BCUT2D eigenvalue weighted by atomic mass is 10.0. The predicted octanol–water partition coefficient (Wildman–Crippen LogP) is 5.10. The number of thiol groups is 1. The van der Waals surface area contributed by atoms with Crippen LogP contribution in [0.2, 0.25) is 0 Å². The largest absolute Gasteiger partial charge is 0.143 e. The van der Waals surface area contributed by atoms with Gasteiger partial charge < -0.3 is 0 Å². The van der Waals surface area contributed by atoms with Crippen LogP contribution in [0, 0.1) is 6.92 Å². The van der Waals surface area contributed by atoms with Crippen molar-refractivity contribution in [2.75, 3.05) is 0 Å². The van der Waals surface area contributed by atoms with Gasteiger partial charge in [-0.25, -0.2) is 0 Å². The van der Waals surface area contributed by atoms with Gasteiger partial charge in [0.15, 0.2) is 0 Å². The normalized spacial score (nSPS) is 10.8. The molecule has 1 heteroatoms. The molecule has 0 spiro atoms. The zero-order valence-electron chi connectivity index (χ0n) is 10.2. The maximum Gasteiger partial charge on any atom is 0.00404 e. The van der Waals surface area contributed by atoms with Gasteiger partial charge in [0.25, 0.3) is 0 Å². The van der Waals surface area contributed by atoms with Crippen molar-refractivity contribution in [1.82, 2.24) is 0 Å². The average molecular weight is 250 g/mol. The van der Waals surface area contributed by atoms with Gasteiger partial charge in [-0.1, -0.05) is 48.0 Å². The molecule has 0 aliphatic heterocycles. The maximum atomic E-state index is 4.31. The van der Waals surface area contributed by atoms with E-state index in [1.807, 2.05) is 12.1 Å². The van der Waals surface area contributed by atoms with Gasteiger partial charge >= 0.3 is 0 Å². The van der Waals surface area contributed by atoms with Crippen LogP contribution in [0.15, 0.2) is 65.6 Å². The number of fused-ring (bicyclic) bond motifs is 1. The first-order valence-electron chi connectivity index (χ1n) is 6.02. The van der Waals surface area contributed by atoms with Crippen molar-refractivity contribution in [3.05, 3.63) is 66.2 Å². The quantitative estimate of drug-likeness (QED) is 0.570. The number of hydrogen-bond acceptors (Lipinski definition) is 1. The van der Waals surface area contributed by atoms with E-state index in [4.69, 9.17) is 0 Å². The van der Waals surface area contributed by atoms with E-state index in [-0.39, 0.29) is 0 Å². The van der Waals surface area contributed by atoms with Gasteiger partial charge in [0.1, 0.15) is 0 Å². The smallest absolute Gasteiger partial charge is 0.00404 e. The third kappa shape index (κ3) is 2.14. The Hall–Kier alpha value is -1.73. The van der Waals surface area contributed by atoms with Crippen LogP contribution in [0.1, 0.15) is 5.56 Å². The van der Waals surface area contributed by atoms with Gasteiger partial charge in [-0.3, -0.25) is 0 Å². The first-order chi connectivity index (χ1) is 8.72. The molecule has 0 radical (unpaired) electrons. The van der Waals surface area contributed by atoms with E-state index < -0.39 is 0 Å². The fraction of sp³-hybridized carbons (Fsp3) is 0.0588. The Morgan fingerprint density at radius 1 is 0.667 bits per heavy atom. The van der Waals surface area contributed by atoms with Crippen molar-refractivity contribution >= 4 is 23.4 Å². The zero-order valence-corrected chi connectivity index (χ0v) is 11.1. The molecule has 0 saturated carbocycles. The van der Waals surface area contributed by atoms with E-state index in [2.05, 4.69) is 68.1 Å². The minimum atomic E-state index is 0.996. The molecule has 18 heavy (non-hydrogen) atoms.